The Morgan fingerprint density at radius 1 is 1.44 bits per heavy atom. The fraction of sp³-hybridized carbons (Fsp3) is 0.733. The molecular formula is C15H23N3. The van der Waals surface area contributed by atoms with Gasteiger partial charge in [-0.3, -0.25) is 0 Å². The van der Waals surface area contributed by atoms with Crippen molar-refractivity contribution >= 4 is 0 Å². The summed E-state index contributed by atoms with van der Waals surface area (Å²) in [5, 5.41) is 9.35. The molecule has 0 saturated heterocycles. The summed E-state index contributed by atoms with van der Waals surface area (Å²) in [6.45, 7) is 6.40. The Morgan fingerprint density at radius 3 is 2.78 bits per heavy atom. The number of rotatable bonds is 3. The first-order chi connectivity index (χ1) is 8.67. The van der Waals surface area contributed by atoms with Gasteiger partial charge in [-0.1, -0.05) is 19.8 Å². The van der Waals surface area contributed by atoms with Crippen molar-refractivity contribution in [2.45, 2.75) is 58.9 Å². The minimum Gasteiger partial charge on any atom is -0.330 e. The summed E-state index contributed by atoms with van der Waals surface area (Å²) in [4.78, 5) is 4.38. The largest absolute Gasteiger partial charge is 0.330 e. The Morgan fingerprint density at radius 2 is 2.22 bits per heavy atom. The maximum Gasteiger partial charge on any atom is 0.0954 e. The minimum atomic E-state index is 0.158. The Kier molecular flexibility index (Phi) is 4.06. The molecule has 1 heterocycles. The fourth-order valence-electron chi connectivity index (χ4n) is 3.21. The first-order valence-electron chi connectivity index (χ1n) is 7.07. The van der Waals surface area contributed by atoms with Crippen LogP contribution in [-0.4, -0.2) is 9.55 Å². The molecule has 3 unspecified atom stereocenters. The van der Waals surface area contributed by atoms with Crippen LogP contribution in [0.15, 0.2) is 6.33 Å². The lowest BCUT2D eigenvalue weighted by atomic mass is 9.77. The number of aromatic nitrogens is 2. The van der Waals surface area contributed by atoms with Crippen LogP contribution in [-0.2, 0) is 0 Å². The monoisotopic (exact) mass is 245 g/mol. The molecule has 3 heteroatoms. The molecule has 0 bridgehead atoms. The molecule has 3 nitrogen and oxygen atoms in total. The fourth-order valence-corrected chi connectivity index (χ4v) is 3.21. The van der Waals surface area contributed by atoms with Gasteiger partial charge in [-0.25, -0.2) is 4.98 Å². The van der Waals surface area contributed by atoms with Crippen molar-refractivity contribution in [1.82, 2.24) is 9.55 Å². The van der Waals surface area contributed by atoms with Crippen molar-refractivity contribution in [2.24, 2.45) is 11.8 Å². The van der Waals surface area contributed by atoms with E-state index in [2.05, 4.69) is 29.5 Å². The van der Waals surface area contributed by atoms with Gasteiger partial charge in [-0.15, -0.1) is 0 Å². The highest BCUT2D eigenvalue weighted by atomic mass is 15.1. The van der Waals surface area contributed by atoms with Gasteiger partial charge in [-0.05, 0) is 39.0 Å². The number of imidazole rings is 1. The summed E-state index contributed by atoms with van der Waals surface area (Å²) in [5.74, 6) is 0.942. The van der Waals surface area contributed by atoms with Gasteiger partial charge in [0.25, 0.3) is 0 Å². The van der Waals surface area contributed by atoms with E-state index in [1.54, 1.807) is 0 Å². The number of hydrogen-bond donors (Lipinski definition) is 0. The summed E-state index contributed by atoms with van der Waals surface area (Å²) >= 11 is 0. The third kappa shape index (κ3) is 2.43. The molecule has 1 aliphatic rings. The molecule has 1 saturated carbocycles. The molecule has 98 valence electrons. The third-order valence-corrected chi connectivity index (χ3v) is 4.43. The zero-order chi connectivity index (χ0) is 13.1. The molecule has 0 aromatic carbocycles. The SMILES string of the molecule is CCCC1CCC(C#N)C(n2cnc(C)c2C)C1. The first-order valence-corrected chi connectivity index (χ1v) is 7.07. The molecule has 0 radical (unpaired) electrons. The highest BCUT2D eigenvalue weighted by Gasteiger charge is 2.32. The molecule has 1 fully saturated rings. The normalized spacial score (nSPS) is 28.0. The smallest absolute Gasteiger partial charge is 0.0954 e. The predicted molar refractivity (Wildman–Crippen MR) is 72.1 cm³/mol. The topological polar surface area (TPSA) is 41.6 Å². The lowest BCUT2D eigenvalue weighted by molar-refractivity contribution is 0.209. The van der Waals surface area contributed by atoms with Crippen LogP contribution >= 0.6 is 0 Å². The number of hydrogen-bond acceptors (Lipinski definition) is 2. The zero-order valence-corrected chi connectivity index (χ0v) is 11.7. The molecule has 2 rings (SSSR count). The van der Waals surface area contributed by atoms with Gasteiger partial charge in [-0.2, -0.15) is 5.26 Å². The average molecular weight is 245 g/mol. The van der Waals surface area contributed by atoms with E-state index in [0.717, 1.165) is 24.5 Å². The molecule has 3 atom stereocenters. The van der Waals surface area contributed by atoms with Gasteiger partial charge in [0.1, 0.15) is 0 Å². The molecule has 18 heavy (non-hydrogen) atoms. The van der Waals surface area contributed by atoms with Crippen molar-refractivity contribution in [3.8, 4) is 6.07 Å². The highest BCUT2D eigenvalue weighted by molar-refractivity contribution is 5.12. The summed E-state index contributed by atoms with van der Waals surface area (Å²) in [7, 11) is 0. The Labute approximate surface area is 110 Å². The van der Waals surface area contributed by atoms with Crippen LogP contribution in [0.4, 0.5) is 0 Å². The number of nitrogens with zero attached hydrogens (tertiary/aromatic N) is 3. The molecule has 0 aliphatic heterocycles. The molecule has 0 spiro atoms. The van der Waals surface area contributed by atoms with Crippen LogP contribution in [0.1, 0.15) is 56.5 Å². The minimum absolute atomic E-state index is 0.158. The lowest BCUT2D eigenvalue weighted by Crippen LogP contribution is -2.27. The number of aryl methyl sites for hydroxylation is 1. The van der Waals surface area contributed by atoms with Gasteiger partial charge in [0.15, 0.2) is 0 Å². The second-order valence-corrected chi connectivity index (χ2v) is 5.59. The van der Waals surface area contributed by atoms with Crippen LogP contribution < -0.4 is 0 Å². The summed E-state index contributed by atoms with van der Waals surface area (Å²) in [6.07, 6.45) is 7.87. The Hall–Kier alpha value is -1.30. The summed E-state index contributed by atoms with van der Waals surface area (Å²) < 4.78 is 2.24. The van der Waals surface area contributed by atoms with E-state index < -0.39 is 0 Å². The summed E-state index contributed by atoms with van der Waals surface area (Å²) in [5.41, 5.74) is 2.31. The van der Waals surface area contributed by atoms with Gasteiger partial charge < -0.3 is 4.57 Å². The second-order valence-electron chi connectivity index (χ2n) is 5.59. The van der Waals surface area contributed by atoms with Gasteiger partial charge >= 0.3 is 0 Å². The zero-order valence-electron chi connectivity index (χ0n) is 11.7. The van der Waals surface area contributed by atoms with Crippen molar-refractivity contribution in [3.63, 3.8) is 0 Å². The van der Waals surface area contributed by atoms with Crippen molar-refractivity contribution in [2.75, 3.05) is 0 Å². The standard InChI is InChI=1S/C15H23N3/c1-4-5-13-6-7-14(9-16)15(8-13)18-10-17-11(2)12(18)3/h10,13-15H,4-8H2,1-3H3. The molecule has 1 aromatic heterocycles. The van der Waals surface area contributed by atoms with Crippen LogP contribution in [0.2, 0.25) is 0 Å². The second kappa shape index (κ2) is 5.56. The maximum absolute atomic E-state index is 9.35. The average Bonchev–Trinajstić information content (AvgIpc) is 2.70. The van der Waals surface area contributed by atoms with Crippen molar-refractivity contribution in [1.29, 1.82) is 5.26 Å². The molecule has 1 aliphatic carbocycles. The van der Waals surface area contributed by atoms with Gasteiger partial charge in [0, 0.05) is 5.69 Å². The van der Waals surface area contributed by atoms with Crippen LogP contribution in [0.25, 0.3) is 0 Å². The van der Waals surface area contributed by atoms with E-state index >= 15 is 0 Å². The first kappa shape index (κ1) is 13.1. The van der Waals surface area contributed by atoms with Gasteiger partial charge in [0.05, 0.1) is 30.1 Å². The van der Waals surface area contributed by atoms with Crippen LogP contribution in [0.3, 0.4) is 0 Å². The number of nitriles is 1. The summed E-state index contributed by atoms with van der Waals surface area (Å²) in [6, 6.07) is 2.84. The predicted octanol–water partition coefficient (Wildman–Crippen LogP) is 3.78. The van der Waals surface area contributed by atoms with Crippen molar-refractivity contribution < 1.29 is 0 Å². The van der Waals surface area contributed by atoms with E-state index in [4.69, 9.17) is 0 Å². The van der Waals surface area contributed by atoms with E-state index in [0.29, 0.717) is 6.04 Å². The van der Waals surface area contributed by atoms with E-state index in [1.807, 2.05) is 13.3 Å². The third-order valence-electron chi connectivity index (χ3n) is 4.43. The molecule has 0 N–H and O–H groups in total. The van der Waals surface area contributed by atoms with E-state index in [1.165, 1.54) is 25.0 Å². The molecule has 1 aromatic rings. The van der Waals surface area contributed by atoms with E-state index in [9.17, 15) is 5.26 Å². The van der Waals surface area contributed by atoms with Gasteiger partial charge in [0.2, 0.25) is 0 Å². The lowest BCUT2D eigenvalue weighted by Gasteiger charge is -2.34. The Bertz CT molecular complexity index is 441. The maximum atomic E-state index is 9.35. The quantitative estimate of drug-likeness (QED) is 0.813. The van der Waals surface area contributed by atoms with Crippen LogP contribution in [0, 0.1) is 37.0 Å². The van der Waals surface area contributed by atoms with E-state index in [-0.39, 0.29) is 5.92 Å². The van der Waals surface area contributed by atoms with Crippen LogP contribution in [0.5, 0.6) is 0 Å². The Balaban J connectivity index is 2.21. The molecular weight excluding hydrogens is 222 g/mol. The van der Waals surface area contributed by atoms with Crippen molar-refractivity contribution in [3.05, 3.63) is 17.7 Å². The highest BCUT2D eigenvalue weighted by Crippen LogP contribution is 2.39. The molecule has 0 amide bonds.